The smallest absolute Gasteiger partial charge is 0.126 e. The van der Waals surface area contributed by atoms with Crippen molar-refractivity contribution in [2.24, 2.45) is 5.73 Å². The Hall–Kier alpha value is -1.16. The summed E-state index contributed by atoms with van der Waals surface area (Å²) in [6.45, 7) is 0. The lowest BCUT2D eigenvalue weighted by molar-refractivity contribution is 0.552. The fourth-order valence-electron chi connectivity index (χ4n) is 3.10. The Morgan fingerprint density at radius 2 is 1.90 bits per heavy atom. The number of hydrogen-bond acceptors (Lipinski definition) is 3. The largest absolute Gasteiger partial charge is 0.384 e. The minimum Gasteiger partial charge on any atom is -0.384 e. The highest BCUT2D eigenvalue weighted by Crippen LogP contribution is 2.32. The first-order valence-electron chi connectivity index (χ1n) is 7.39. The fraction of sp³-hybridized carbons (Fsp3) is 0.562. The van der Waals surface area contributed by atoms with Crippen LogP contribution >= 0.6 is 11.8 Å². The van der Waals surface area contributed by atoms with Crippen molar-refractivity contribution in [3.8, 4) is 0 Å². The minimum absolute atomic E-state index is 0.172. The third kappa shape index (κ3) is 3.29. The number of anilines is 1. The van der Waals surface area contributed by atoms with Gasteiger partial charge in [0.1, 0.15) is 5.84 Å². The molecule has 1 aromatic rings. The number of nitrogens with two attached hydrogens (primary N) is 1. The topological polar surface area (TPSA) is 53.1 Å². The maximum Gasteiger partial charge on any atom is 0.126 e. The molecule has 0 unspecified atom stereocenters. The van der Waals surface area contributed by atoms with Gasteiger partial charge in [0.05, 0.1) is 5.56 Å². The van der Waals surface area contributed by atoms with Gasteiger partial charge in [0.2, 0.25) is 0 Å². The Balaban J connectivity index is 2.32. The number of nitrogens with zero attached hydrogens (tertiary/aromatic N) is 1. The quantitative estimate of drug-likeness (QED) is 0.383. The van der Waals surface area contributed by atoms with Crippen molar-refractivity contribution < 1.29 is 0 Å². The summed E-state index contributed by atoms with van der Waals surface area (Å²) in [6, 6.07) is 6.79. The SMILES string of the molecule is CSc1cccc(N(C)C2CCCCCC2)c1C(=N)N. The number of hydrogen-bond donors (Lipinski definition) is 2. The van der Waals surface area contributed by atoms with Gasteiger partial charge in [-0.25, -0.2) is 0 Å². The van der Waals surface area contributed by atoms with E-state index in [9.17, 15) is 0 Å². The maximum absolute atomic E-state index is 7.91. The average molecular weight is 291 g/mol. The van der Waals surface area contributed by atoms with Crippen molar-refractivity contribution in [1.29, 1.82) is 5.41 Å². The van der Waals surface area contributed by atoms with Gasteiger partial charge in [0.25, 0.3) is 0 Å². The van der Waals surface area contributed by atoms with E-state index in [4.69, 9.17) is 11.1 Å². The second-order valence-corrected chi connectivity index (χ2v) is 6.37. The molecule has 0 atom stereocenters. The molecule has 0 amide bonds. The summed E-state index contributed by atoms with van der Waals surface area (Å²) < 4.78 is 0. The Morgan fingerprint density at radius 3 is 2.45 bits per heavy atom. The van der Waals surface area contributed by atoms with Gasteiger partial charge in [-0.15, -0.1) is 11.8 Å². The highest BCUT2D eigenvalue weighted by Gasteiger charge is 2.21. The number of nitrogens with one attached hydrogen (secondary N) is 1. The highest BCUT2D eigenvalue weighted by atomic mass is 32.2. The highest BCUT2D eigenvalue weighted by molar-refractivity contribution is 7.98. The van der Waals surface area contributed by atoms with Crippen molar-refractivity contribution in [1.82, 2.24) is 0 Å². The van der Waals surface area contributed by atoms with Crippen LogP contribution in [0.25, 0.3) is 0 Å². The predicted molar refractivity (Wildman–Crippen MR) is 89.1 cm³/mol. The summed E-state index contributed by atoms with van der Waals surface area (Å²) in [5.41, 5.74) is 7.84. The van der Waals surface area contributed by atoms with Crippen LogP contribution in [0.1, 0.15) is 44.1 Å². The number of rotatable bonds is 4. The van der Waals surface area contributed by atoms with Crippen LogP contribution in [0.15, 0.2) is 23.1 Å². The molecule has 1 aromatic carbocycles. The van der Waals surface area contributed by atoms with Crippen molar-refractivity contribution in [3.63, 3.8) is 0 Å². The molecule has 0 aromatic heterocycles. The average Bonchev–Trinajstić information content (AvgIpc) is 2.74. The zero-order valence-electron chi connectivity index (χ0n) is 12.5. The van der Waals surface area contributed by atoms with E-state index >= 15 is 0 Å². The van der Waals surface area contributed by atoms with Gasteiger partial charge in [-0.3, -0.25) is 5.41 Å². The van der Waals surface area contributed by atoms with Crippen LogP contribution in [0, 0.1) is 5.41 Å². The Bertz CT molecular complexity index is 465. The maximum atomic E-state index is 7.91. The lowest BCUT2D eigenvalue weighted by Crippen LogP contribution is -2.33. The Labute approximate surface area is 126 Å². The zero-order valence-corrected chi connectivity index (χ0v) is 13.3. The third-order valence-corrected chi connectivity index (χ3v) is 5.03. The lowest BCUT2D eigenvalue weighted by Gasteiger charge is -2.31. The van der Waals surface area contributed by atoms with Crippen LogP contribution < -0.4 is 10.6 Å². The fourth-order valence-corrected chi connectivity index (χ4v) is 3.73. The summed E-state index contributed by atoms with van der Waals surface area (Å²) in [7, 11) is 2.15. The molecule has 3 nitrogen and oxygen atoms in total. The number of benzene rings is 1. The molecule has 0 bridgehead atoms. The molecule has 3 N–H and O–H groups in total. The van der Waals surface area contributed by atoms with Gasteiger partial charge in [-0.2, -0.15) is 0 Å². The summed E-state index contributed by atoms with van der Waals surface area (Å²) >= 11 is 1.66. The van der Waals surface area contributed by atoms with Crippen molar-refractivity contribution in [2.75, 3.05) is 18.2 Å². The molecule has 1 fully saturated rings. The molecule has 20 heavy (non-hydrogen) atoms. The van der Waals surface area contributed by atoms with E-state index in [0.717, 1.165) is 16.1 Å². The first-order chi connectivity index (χ1) is 9.65. The summed E-state index contributed by atoms with van der Waals surface area (Å²) in [5.74, 6) is 0.172. The van der Waals surface area contributed by atoms with Gasteiger partial charge in [0, 0.05) is 23.7 Å². The molecule has 0 spiro atoms. The molecule has 0 heterocycles. The Kier molecular flexibility index (Phi) is 5.35. The van der Waals surface area contributed by atoms with Crippen molar-refractivity contribution >= 4 is 23.3 Å². The molecule has 1 saturated carbocycles. The summed E-state index contributed by atoms with van der Waals surface area (Å²) in [5, 5.41) is 7.91. The van der Waals surface area contributed by atoms with E-state index in [0.29, 0.717) is 6.04 Å². The van der Waals surface area contributed by atoms with Crippen LogP contribution in [0.5, 0.6) is 0 Å². The predicted octanol–water partition coefficient (Wildman–Crippen LogP) is 3.85. The second kappa shape index (κ2) is 7.02. The monoisotopic (exact) mass is 291 g/mol. The van der Waals surface area contributed by atoms with Crippen LogP contribution in [0.4, 0.5) is 5.69 Å². The van der Waals surface area contributed by atoms with Crippen molar-refractivity contribution in [2.45, 2.75) is 49.5 Å². The van der Waals surface area contributed by atoms with Gasteiger partial charge < -0.3 is 10.6 Å². The second-order valence-electron chi connectivity index (χ2n) is 5.52. The number of nitrogen functional groups attached to an aromatic ring is 1. The first kappa shape index (κ1) is 15.2. The summed E-state index contributed by atoms with van der Waals surface area (Å²) in [4.78, 5) is 3.44. The third-order valence-electron chi connectivity index (χ3n) is 4.25. The van der Waals surface area contributed by atoms with Crippen LogP contribution in [-0.4, -0.2) is 25.2 Å². The summed E-state index contributed by atoms with van der Waals surface area (Å²) in [6.07, 6.45) is 9.87. The molecule has 4 heteroatoms. The molecule has 1 aliphatic carbocycles. The Morgan fingerprint density at radius 1 is 1.25 bits per heavy atom. The van der Waals surface area contributed by atoms with Gasteiger partial charge in [-0.1, -0.05) is 31.7 Å². The zero-order chi connectivity index (χ0) is 14.5. The van der Waals surface area contributed by atoms with E-state index in [-0.39, 0.29) is 5.84 Å². The van der Waals surface area contributed by atoms with Gasteiger partial charge in [0.15, 0.2) is 0 Å². The van der Waals surface area contributed by atoms with Crippen molar-refractivity contribution in [3.05, 3.63) is 23.8 Å². The molecule has 0 aliphatic heterocycles. The molecule has 0 saturated heterocycles. The van der Waals surface area contributed by atoms with E-state index in [1.807, 2.05) is 12.3 Å². The van der Waals surface area contributed by atoms with Crippen LogP contribution in [-0.2, 0) is 0 Å². The lowest BCUT2D eigenvalue weighted by atomic mass is 10.0. The standard InChI is InChI=1S/C16H25N3S/c1-19(12-8-5-3-4-6-9-12)13-10-7-11-14(20-2)15(13)16(17)18/h7,10-12H,3-6,8-9H2,1-2H3,(H3,17,18). The molecule has 110 valence electrons. The molecular formula is C16H25N3S. The molecule has 1 aliphatic rings. The number of amidine groups is 1. The van der Waals surface area contributed by atoms with E-state index < -0.39 is 0 Å². The van der Waals surface area contributed by atoms with E-state index in [1.54, 1.807) is 11.8 Å². The van der Waals surface area contributed by atoms with Crippen LogP contribution in [0.3, 0.4) is 0 Å². The van der Waals surface area contributed by atoms with Gasteiger partial charge >= 0.3 is 0 Å². The van der Waals surface area contributed by atoms with Gasteiger partial charge in [-0.05, 0) is 31.2 Å². The van der Waals surface area contributed by atoms with E-state index in [2.05, 4.69) is 24.1 Å². The molecular weight excluding hydrogens is 266 g/mol. The molecule has 0 radical (unpaired) electrons. The first-order valence-corrected chi connectivity index (χ1v) is 8.62. The number of thioether (sulfide) groups is 1. The molecule has 2 rings (SSSR count). The normalized spacial score (nSPS) is 16.7. The van der Waals surface area contributed by atoms with Crippen LogP contribution in [0.2, 0.25) is 0 Å². The minimum atomic E-state index is 0.172. The van der Waals surface area contributed by atoms with E-state index in [1.165, 1.54) is 38.5 Å².